The van der Waals surface area contributed by atoms with Gasteiger partial charge in [0.2, 0.25) is 0 Å². The van der Waals surface area contributed by atoms with Crippen molar-refractivity contribution in [1.82, 2.24) is 0 Å². The predicted molar refractivity (Wildman–Crippen MR) is 17.7 cm³/mol. The van der Waals surface area contributed by atoms with Crippen LogP contribution in [0.1, 0.15) is 0 Å². The molecular weight excluding hydrogens is 110 g/mol. The Kier molecular flexibility index (Phi) is 129. The molecule has 0 aromatic heterocycles. The summed E-state index contributed by atoms with van der Waals surface area (Å²) in [6.07, 6.45) is 0. The number of hydrogen-bond acceptors (Lipinski definition) is 0. The van der Waals surface area contributed by atoms with Gasteiger partial charge in [0.1, 0.15) is 0 Å². The van der Waals surface area contributed by atoms with Crippen LogP contribution in [-0.2, 0) is 13.5 Å². The van der Waals surface area contributed by atoms with Crippen molar-refractivity contribution in [3.63, 3.8) is 0 Å². The van der Waals surface area contributed by atoms with Crippen LogP contribution in [0.25, 0.3) is 0 Å². The first-order valence-electron chi connectivity index (χ1n) is 0. The van der Waals surface area contributed by atoms with Gasteiger partial charge in [-0.1, -0.05) is 0 Å². The molecule has 4 heavy (non-hydrogen) atoms. The molecule has 0 fully saturated rings. The summed E-state index contributed by atoms with van der Waals surface area (Å²) < 4.78 is 0. The second kappa shape index (κ2) is 17.3. The van der Waals surface area contributed by atoms with Crippen LogP contribution >= 0.6 is 13.5 Å². The van der Waals surface area contributed by atoms with Crippen LogP contribution in [0.15, 0.2) is 0 Å². The molecule has 0 saturated heterocycles. The van der Waals surface area contributed by atoms with Crippen LogP contribution in [0.5, 0.6) is 0 Å². The zero-order valence-corrected chi connectivity index (χ0v) is 8.72. The van der Waals surface area contributed by atoms with E-state index >= 15 is 0 Å². The first-order chi connectivity index (χ1) is 0. The molecule has 0 rings (SSSR count). The molecular formula is H2Na2S2. The standard InChI is InChI=1S/2Na.H2S.S/h;;1H2;/q2*+1;;-2. The molecule has 0 amide bonds. The Hall–Kier alpha value is 2.70. The Morgan fingerprint density at radius 1 is 0.750 bits per heavy atom. The Balaban J connectivity index is 0. The van der Waals surface area contributed by atoms with Crippen molar-refractivity contribution in [1.29, 1.82) is 0 Å². The summed E-state index contributed by atoms with van der Waals surface area (Å²) in [5.74, 6) is 0. The number of hydrogen-bond donors (Lipinski definition) is 0. The molecule has 0 saturated carbocycles. The molecule has 0 aliphatic heterocycles. The Morgan fingerprint density at radius 3 is 0.750 bits per heavy atom. The van der Waals surface area contributed by atoms with Crippen LogP contribution in [-0.4, -0.2) is 0 Å². The average molecular weight is 112 g/mol. The summed E-state index contributed by atoms with van der Waals surface area (Å²) in [5.41, 5.74) is 0. The fraction of sp³-hybridized carbons (Fsp3) is 0. The van der Waals surface area contributed by atoms with Crippen molar-refractivity contribution >= 4 is 27.0 Å². The van der Waals surface area contributed by atoms with Gasteiger partial charge in [0.15, 0.2) is 0 Å². The van der Waals surface area contributed by atoms with Gasteiger partial charge in [0.05, 0.1) is 0 Å². The third-order valence-electron chi connectivity index (χ3n) is 0. The molecule has 16 valence electrons. The summed E-state index contributed by atoms with van der Waals surface area (Å²) in [4.78, 5) is 0. The van der Waals surface area contributed by atoms with Gasteiger partial charge >= 0.3 is 59.1 Å². The summed E-state index contributed by atoms with van der Waals surface area (Å²) in [7, 11) is 0. The molecule has 0 atom stereocenters. The van der Waals surface area contributed by atoms with Crippen LogP contribution in [0.2, 0.25) is 0 Å². The Morgan fingerprint density at radius 2 is 0.750 bits per heavy atom. The van der Waals surface area contributed by atoms with Crippen LogP contribution in [0.3, 0.4) is 0 Å². The van der Waals surface area contributed by atoms with E-state index in [1.807, 2.05) is 0 Å². The Labute approximate surface area is 84.6 Å². The molecule has 0 aromatic rings. The van der Waals surface area contributed by atoms with E-state index in [9.17, 15) is 0 Å². The molecule has 0 aromatic carbocycles. The SMILES string of the molecule is S.[Na+].[Na+].[S-2]. The van der Waals surface area contributed by atoms with Gasteiger partial charge in [-0.05, 0) is 0 Å². The van der Waals surface area contributed by atoms with E-state index in [0.29, 0.717) is 0 Å². The Bertz CT molecular complexity index is 4.00. The van der Waals surface area contributed by atoms with E-state index in [0.717, 1.165) is 0 Å². The number of rotatable bonds is 0. The minimum Gasteiger partial charge on any atom is -2.00 e. The molecule has 0 radical (unpaired) electrons. The molecule has 0 aliphatic carbocycles. The monoisotopic (exact) mass is 112 g/mol. The second-order valence-electron chi connectivity index (χ2n) is 0. The van der Waals surface area contributed by atoms with E-state index in [2.05, 4.69) is 0 Å². The zero-order valence-electron chi connectivity index (χ0n) is 2.91. The predicted octanol–water partition coefficient (Wildman–Crippen LogP) is -5.88. The molecule has 0 nitrogen and oxygen atoms in total. The third-order valence-corrected chi connectivity index (χ3v) is 0. The summed E-state index contributed by atoms with van der Waals surface area (Å²) in [6.45, 7) is 0. The van der Waals surface area contributed by atoms with Crippen molar-refractivity contribution in [2.75, 3.05) is 0 Å². The normalized spacial score (nSPS) is 0. The van der Waals surface area contributed by atoms with E-state index in [4.69, 9.17) is 0 Å². The summed E-state index contributed by atoms with van der Waals surface area (Å²) in [5, 5.41) is 0. The maximum absolute atomic E-state index is 0. The molecule has 0 N–H and O–H groups in total. The van der Waals surface area contributed by atoms with Gasteiger partial charge in [-0.25, -0.2) is 0 Å². The fourth-order valence-electron chi connectivity index (χ4n) is 0. The third kappa shape index (κ3) is 8.83. The summed E-state index contributed by atoms with van der Waals surface area (Å²) >= 11 is 0. The molecule has 0 bridgehead atoms. The molecule has 0 heterocycles. The fourth-order valence-corrected chi connectivity index (χ4v) is 0. The maximum atomic E-state index is 0. The van der Waals surface area contributed by atoms with E-state index < -0.39 is 0 Å². The molecule has 0 aliphatic rings. The van der Waals surface area contributed by atoms with E-state index in [1.165, 1.54) is 0 Å². The van der Waals surface area contributed by atoms with Crippen molar-refractivity contribution < 1.29 is 59.1 Å². The van der Waals surface area contributed by atoms with E-state index in [1.54, 1.807) is 0 Å². The average Bonchev–Trinajstić information content (AvgIpc) is 0. The van der Waals surface area contributed by atoms with Crippen molar-refractivity contribution in [2.45, 2.75) is 0 Å². The van der Waals surface area contributed by atoms with Gasteiger partial charge in [-0.3, -0.25) is 0 Å². The zero-order chi connectivity index (χ0) is 0. The largest absolute Gasteiger partial charge is 2.00 e. The van der Waals surface area contributed by atoms with Crippen molar-refractivity contribution in [3.05, 3.63) is 0 Å². The van der Waals surface area contributed by atoms with Gasteiger partial charge < -0.3 is 13.5 Å². The topological polar surface area (TPSA) is 0 Å². The smallest absolute Gasteiger partial charge is 1.00 e. The van der Waals surface area contributed by atoms with Gasteiger partial charge in [-0.15, -0.1) is 0 Å². The minimum absolute atomic E-state index is 0. The van der Waals surface area contributed by atoms with Crippen LogP contribution in [0, 0.1) is 0 Å². The second-order valence-corrected chi connectivity index (χ2v) is 0. The van der Waals surface area contributed by atoms with E-state index in [-0.39, 0.29) is 86.1 Å². The molecule has 0 spiro atoms. The molecule has 4 heteroatoms. The van der Waals surface area contributed by atoms with Gasteiger partial charge in [0.25, 0.3) is 0 Å². The van der Waals surface area contributed by atoms with Crippen LogP contribution in [0.4, 0.5) is 0 Å². The minimum atomic E-state index is 0. The quantitative estimate of drug-likeness (QED) is 0.274. The van der Waals surface area contributed by atoms with Crippen molar-refractivity contribution in [3.8, 4) is 0 Å². The maximum Gasteiger partial charge on any atom is 1.00 e. The first-order valence-corrected chi connectivity index (χ1v) is 0. The van der Waals surface area contributed by atoms with Crippen LogP contribution < -0.4 is 59.1 Å². The first kappa shape index (κ1) is 29.9. The van der Waals surface area contributed by atoms with Gasteiger partial charge in [0, 0.05) is 0 Å². The van der Waals surface area contributed by atoms with Gasteiger partial charge in [-0.2, -0.15) is 13.5 Å². The summed E-state index contributed by atoms with van der Waals surface area (Å²) in [6, 6.07) is 0. The molecule has 0 unspecified atom stereocenters. The van der Waals surface area contributed by atoms with Crippen molar-refractivity contribution in [2.24, 2.45) is 0 Å².